The lowest BCUT2D eigenvalue weighted by Gasteiger charge is -2.32. The molecule has 1 aliphatic carbocycles. The van der Waals surface area contributed by atoms with E-state index in [2.05, 4.69) is 13.8 Å². The third-order valence-corrected chi connectivity index (χ3v) is 8.14. The number of rotatable bonds is 11. The van der Waals surface area contributed by atoms with E-state index in [1.165, 1.54) is 51.4 Å². The van der Waals surface area contributed by atoms with Gasteiger partial charge in [-0.3, -0.25) is 0 Å². The number of benzene rings is 2. The molecule has 0 aromatic heterocycles. The molecule has 1 aliphatic heterocycles. The maximum absolute atomic E-state index is 15.3. The Balaban J connectivity index is 1.49. The summed E-state index contributed by atoms with van der Waals surface area (Å²) < 4.78 is 50.7. The average molecular weight is 487 g/mol. The molecule has 0 unspecified atom stereocenters. The van der Waals surface area contributed by atoms with Crippen molar-refractivity contribution in [2.24, 2.45) is 5.92 Å². The van der Waals surface area contributed by atoms with E-state index in [1.807, 2.05) is 6.07 Å². The number of hydrogen-bond acceptors (Lipinski definition) is 1. The molecule has 0 N–H and O–H groups in total. The minimum Gasteiger partial charge on any atom is -0.425 e. The van der Waals surface area contributed by atoms with Gasteiger partial charge in [0.25, 0.3) is 0 Å². The largest absolute Gasteiger partial charge is 0.427 e. The molecule has 0 saturated heterocycles. The van der Waals surface area contributed by atoms with Gasteiger partial charge in [0.1, 0.15) is 0 Å². The van der Waals surface area contributed by atoms with Gasteiger partial charge in [-0.1, -0.05) is 89.5 Å². The van der Waals surface area contributed by atoms with Crippen LogP contribution in [0.4, 0.5) is 13.2 Å². The van der Waals surface area contributed by atoms with Crippen LogP contribution < -0.4 is 4.74 Å². The summed E-state index contributed by atoms with van der Waals surface area (Å²) in [6, 6.07) is 8.87. The SMILES string of the molecule is CCCCCCCCc1ccc2c(c1F)OC(F)(F)c1cc(C3CCC(CCCC)CC3)ccc1-2. The Morgan fingerprint density at radius 2 is 1.51 bits per heavy atom. The van der Waals surface area contributed by atoms with Crippen LogP contribution in [0.25, 0.3) is 11.1 Å². The van der Waals surface area contributed by atoms with E-state index in [1.54, 1.807) is 24.3 Å². The second-order valence-electron chi connectivity index (χ2n) is 10.7. The van der Waals surface area contributed by atoms with E-state index < -0.39 is 11.9 Å². The zero-order valence-corrected chi connectivity index (χ0v) is 21.5. The van der Waals surface area contributed by atoms with Crippen LogP contribution in [-0.2, 0) is 12.5 Å². The number of unbranched alkanes of at least 4 members (excludes halogenated alkanes) is 6. The van der Waals surface area contributed by atoms with Crippen LogP contribution in [0.1, 0.15) is 120 Å². The van der Waals surface area contributed by atoms with E-state index in [0.717, 1.165) is 43.6 Å². The highest BCUT2D eigenvalue weighted by molar-refractivity contribution is 5.77. The Morgan fingerprint density at radius 3 is 2.26 bits per heavy atom. The van der Waals surface area contributed by atoms with Crippen molar-refractivity contribution in [2.75, 3.05) is 0 Å². The lowest BCUT2D eigenvalue weighted by molar-refractivity contribution is -0.188. The number of aryl methyl sites for hydroxylation is 1. The maximum atomic E-state index is 15.3. The molecule has 4 rings (SSSR count). The molecule has 35 heavy (non-hydrogen) atoms. The van der Waals surface area contributed by atoms with Crippen LogP contribution in [0.5, 0.6) is 5.75 Å². The molecule has 0 spiro atoms. The molecule has 1 saturated carbocycles. The van der Waals surface area contributed by atoms with Crippen LogP contribution in [0.3, 0.4) is 0 Å². The van der Waals surface area contributed by atoms with Crippen molar-refractivity contribution in [3.05, 3.63) is 52.8 Å². The molecular weight excluding hydrogens is 445 g/mol. The molecule has 2 aromatic carbocycles. The first-order valence-electron chi connectivity index (χ1n) is 14.0. The van der Waals surface area contributed by atoms with Crippen LogP contribution in [0.2, 0.25) is 0 Å². The predicted octanol–water partition coefficient (Wildman–Crippen LogP) is 10.3. The van der Waals surface area contributed by atoms with Crippen LogP contribution in [-0.4, -0.2) is 0 Å². The Labute approximate surface area is 209 Å². The second kappa shape index (κ2) is 11.8. The number of fused-ring (bicyclic) bond motifs is 3. The van der Waals surface area contributed by atoms with E-state index in [-0.39, 0.29) is 11.3 Å². The molecule has 1 nitrogen and oxygen atoms in total. The highest BCUT2D eigenvalue weighted by Crippen LogP contribution is 2.50. The fraction of sp³-hybridized carbons (Fsp3) is 0.613. The van der Waals surface area contributed by atoms with Gasteiger partial charge in [-0.25, -0.2) is 4.39 Å². The predicted molar refractivity (Wildman–Crippen MR) is 138 cm³/mol. The Hall–Kier alpha value is -1.97. The van der Waals surface area contributed by atoms with Crippen molar-refractivity contribution in [1.29, 1.82) is 0 Å². The first-order valence-corrected chi connectivity index (χ1v) is 14.0. The summed E-state index contributed by atoms with van der Waals surface area (Å²) in [5.41, 5.74) is 2.13. The smallest absolute Gasteiger partial charge is 0.425 e. The van der Waals surface area contributed by atoms with Gasteiger partial charge in [0.15, 0.2) is 11.6 Å². The van der Waals surface area contributed by atoms with E-state index in [4.69, 9.17) is 4.74 Å². The third-order valence-electron chi connectivity index (χ3n) is 8.14. The second-order valence-corrected chi connectivity index (χ2v) is 10.7. The minimum atomic E-state index is -3.53. The number of ether oxygens (including phenoxy) is 1. The number of alkyl halides is 2. The fourth-order valence-corrected chi connectivity index (χ4v) is 5.95. The summed E-state index contributed by atoms with van der Waals surface area (Å²) in [5.74, 6) is 0.159. The van der Waals surface area contributed by atoms with Gasteiger partial charge >= 0.3 is 6.11 Å². The van der Waals surface area contributed by atoms with Gasteiger partial charge in [0, 0.05) is 5.56 Å². The monoisotopic (exact) mass is 486 g/mol. The number of hydrogen-bond donors (Lipinski definition) is 0. The summed E-state index contributed by atoms with van der Waals surface area (Å²) in [6.07, 6.45) is 11.8. The van der Waals surface area contributed by atoms with Crippen LogP contribution in [0.15, 0.2) is 30.3 Å². The van der Waals surface area contributed by atoms with Gasteiger partial charge in [-0.05, 0) is 73.1 Å². The zero-order valence-electron chi connectivity index (χ0n) is 21.5. The highest BCUT2D eigenvalue weighted by atomic mass is 19.3. The summed E-state index contributed by atoms with van der Waals surface area (Å²) in [6.45, 7) is 4.40. The molecule has 0 radical (unpaired) electrons. The maximum Gasteiger partial charge on any atom is 0.427 e. The van der Waals surface area contributed by atoms with Crippen molar-refractivity contribution in [2.45, 2.75) is 116 Å². The van der Waals surface area contributed by atoms with Crippen molar-refractivity contribution in [1.82, 2.24) is 0 Å². The molecule has 192 valence electrons. The zero-order chi connectivity index (χ0) is 24.8. The molecule has 1 fully saturated rings. The van der Waals surface area contributed by atoms with Gasteiger partial charge < -0.3 is 4.74 Å². The normalized spacial score (nSPS) is 20.7. The summed E-state index contributed by atoms with van der Waals surface area (Å²) in [4.78, 5) is 0. The Bertz CT molecular complexity index is 975. The molecule has 0 atom stereocenters. The van der Waals surface area contributed by atoms with E-state index in [0.29, 0.717) is 29.0 Å². The lowest BCUT2D eigenvalue weighted by Crippen LogP contribution is -2.28. The molecule has 0 amide bonds. The molecule has 2 aromatic rings. The highest BCUT2D eigenvalue weighted by Gasteiger charge is 2.44. The lowest BCUT2D eigenvalue weighted by atomic mass is 9.76. The van der Waals surface area contributed by atoms with Crippen molar-refractivity contribution < 1.29 is 17.9 Å². The molecule has 2 aliphatic rings. The Morgan fingerprint density at radius 1 is 0.829 bits per heavy atom. The quantitative estimate of drug-likeness (QED) is 0.287. The number of halogens is 3. The van der Waals surface area contributed by atoms with Crippen molar-refractivity contribution in [3.63, 3.8) is 0 Å². The van der Waals surface area contributed by atoms with Crippen molar-refractivity contribution >= 4 is 0 Å². The van der Waals surface area contributed by atoms with E-state index in [9.17, 15) is 0 Å². The summed E-state index contributed by atoms with van der Waals surface area (Å²) in [5, 5.41) is 0. The molecule has 4 heteroatoms. The molecule has 1 heterocycles. The summed E-state index contributed by atoms with van der Waals surface area (Å²) >= 11 is 0. The van der Waals surface area contributed by atoms with Crippen LogP contribution in [0, 0.1) is 11.7 Å². The Kier molecular flexibility index (Phi) is 8.83. The van der Waals surface area contributed by atoms with E-state index >= 15 is 13.2 Å². The molecular formula is C31H41F3O. The van der Waals surface area contributed by atoms with Crippen LogP contribution >= 0.6 is 0 Å². The molecule has 0 bridgehead atoms. The standard InChI is InChI=1S/C31H41F3O/c1-3-5-7-8-9-10-12-24-17-20-27-26-19-18-25(23-15-13-22(14-16-23)11-6-4-2)21-28(26)31(33,34)35-30(27)29(24)32/h17-23H,3-16H2,1-2H3. The average Bonchev–Trinajstić information content (AvgIpc) is 2.86. The summed E-state index contributed by atoms with van der Waals surface area (Å²) in [7, 11) is 0. The van der Waals surface area contributed by atoms with Gasteiger partial charge in [-0.15, -0.1) is 0 Å². The fourth-order valence-electron chi connectivity index (χ4n) is 5.95. The van der Waals surface area contributed by atoms with Gasteiger partial charge in [-0.2, -0.15) is 8.78 Å². The van der Waals surface area contributed by atoms with Crippen molar-refractivity contribution in [3.8, 4) is 16.9 Å². The van der Waals surface area contributed by atoms with Gasteiger partial charge in [0.05, 0.1) is 5.56 Å². The first-order chi connectivity index (χ1) is 16.9. The topological polar surface area (TPSA) is 9.23 Å². The minimum absolute atomic E-state index is 0.126. The third kappa shape index (κ3) is 6.06. The van der Waals surface area contributed by atoms with Gasteiger partial charge in [0.2, 0.25) is 0 Å². The first kappa shape index (κ1) is 26.1.